The lowest BCUT2D eigenvalue weighted by Gasteiger charge is -2.35. The van der Waals surface area contributed by atoms with E-state index >= 15 is 0 Å². The predicted molar refractivity (Wildman–Crippen MR) is 125 cm³/mol. The van der Waals surface area contributed by atoms with Crippen LogP contribution < -0.4 is 5.56 Å². The molecule has 0 aliphatic carbocycles. The number of halogens is 3. The molecule has 4 aromatic rings. The summed E-state index contributed by atoms with van der Waals surface area (Å²) in [7, 11) is 0. The van der Waals surface area contributed by atoms with Crippen molar-refractivity contribution in [3.8, 4) is 5.69 Å². The molecule has 0 bridgehead atoms. The highest BCUT2D eigenvalue weighted by Crippen LogP contribution is 2.34. The Balaban J connectivity index is 1.51. The number of alkyl halides is 3. The molecule has 1 aromatic carbocycles. The van der Waals surface area contributed by atoms with Crippen LogP contribution in [0.15, 0.2) is 53.8 Å². The van der Waals surface area contributed by atoms with E-state index in [0.29, 0.717) is 29.7 Å². The van der Waals surface area contributed by atoms with Gasteiger partial charge in [-0.05, 0) is 50.6 Å². The normalized spacial score (nSPS) is 16.2. The Hall–Kier alpha value is -3.82. The summed E-state index contributed by atoms with van der Waals surface area (Å²) >= 11 is 0. The highest BCUT2D eigenvalue weighted by molar-refractivity contribution is 5.94. The molecule has 0 saturated carbocycles. The molecule has 0 N–H and O–H groups in total. The number of amides is 1. The van der Waals surface area contributed by atoms with Crippen LogP contribution in [0, 0.1) is 6.92 Å². The molecular formula is C25H24F3N5O2. The third kappa shape index (κ3) is 3.82. The van der Waals surface area contributed by atoms with Crippen molar-refractivity contribution < 1.29 is 18.0 Å². The quantitative estimate of drug-likeness (QED) is 0.433. The van der Waals surface area contributed by atoms with E-state index < -0.39 is 11.7 Å². The first kappa shape index (κ1) is 22.9. The lowest BCUT2D eigenvalue weighted by atomic mass is 10.1. The minimum Gasteiger partial charge on any atom is -0.347 e. The maximum absolute atomic E-state index is 13.4. The van der Waals surface area contributed by atoms with Crippen LogP contribution in [-0.4, -0.2) is 35.5 Å². The van der Waals surface area contributed by atoms with Gasteiger partial charge in [0, 0.05) is 49.0 Å². The molecule has 5 rings (SSSR count). The molecule has 0 unspecified atom stereocenters. The lowest BCUT2D eigenvalue weighted by molar-refractivity contribution is -0.137. The molecule has 1 aliphatic heterocycles. The molecular weight excluding hydrogens is 459 g/mol. The molecule has 0 spiro atoms. The van der Waals surface area contributed by atoms with Gasteiger partial charge in [-0.25, -0.2) is 4.98 Å². The highest BCUT2D eigenvalue weighted by atomic mass is 19.4. The monoisotopic (exact) mass is 483 g/mol. The number of pyridine rings is 1. The summed E-state index contributed by atoms with van der Waals surface area (Å²) in [5, 5.41) is 0.675. The van der Waals surface area contributed by atoms with Crippen molar-refractivity contribution in [2.45, 2.75) is 52.6 Å². The van der Waals surface area contributed by atoms with Gasteiger partial charge in [-0.15, -0.1) is 0 Å². The van der Waals surface area contributed by atoms with Crippen molar-refractivity contribution in [1.29, 1.82) is 0 Å². The number of hydrogen-bond acceptors (Lipinski definition) is 3. The number of fused-ring (bicyclic) bond motifs is 2. The highest BCUT2D eigenvalue weighted by Gasteiger charge is 2.33. The lowest BCUT2D eigenvalue weighted by Crippen LogP contribution is -2.49. The van der Waals surface area contributed by atoms with Gasteiger partial charge in [0.25, 0.3) is 11.5 Å². The van der Waals surface area contributed by atoms with Crippen molar-refractivity contribution in [2.75, 3.05) is 0 Å². The second kappa shape index (κ2) is 8.14. The molecule has 182 valence electrons. The Bertz CT molecular complexity index is 1510. The van der Waals surface area contributed by atoms with Crippen molar-refractivity contribution >= 4 is 16.8 Å². The van der Waals surface area contributed by atoms with E-state index in [9.17, 15) is 22.8 Å². The largest absolute Gasteiger partial charge is 0.416 e. The zero-order chi connectivity index (χ0) is 25.1. The first-order chi connectivity index (χ1) is 16.6. The average Bonchev–Trinajstić information content (AvgIpc) is 3.39. The number of rotatable bonds is 4. The van der Waals surface area contributed by atoms with E-state index in [-0.39, 0.29) is 29.7 Å². The first-order valence-corrected chi connectivity index (χ1v) is 11.3. The summed E-state index contributed by atoms with van der Waals surface area (Å²) < 4.78 is 44.6. The molecule has 0 fully saturated rings. The summed E-state index contributed by atoms with van der Waals surface area (Å²) in [5.41, 5.74) is 1.73. The van der Waals surface area contributed by atoms with Gasteiger partial charge >= 0.3 is 6.18 Å². The predicted octanol–water partition coefficient (Wildman–Crippen LogP) is 4.38. The number of carbonyl (C=O) groups excluding carboxylic acids is 1. The number of carbonyl (C=O) groups is 1. The topological polar surface area (TPSA) is 65.1 Å². The smallest absolute Gasteiger partial charge is 0.347 e. The average molecular weight is 483 g/mol. The maximum Gasteiger partial charge on any atom is 0.416 e. The Morgan fingerprint density at radius 3 is 2.54 bits per heavy atom. The standard InChI is InChI=1S/C25H24F3N5O2/c1-4-30-12-17(19-6-5-18(9-22(19)30)25(26,27)28)13-32-16(3)11-33-21(24(32)35)8-7-20(23(33)34)31-10-15(2)29-14-31/h5-10,12,14,16H,4,11,13H2,1-3H3/t16-/m1/s1. The van der Waals surface area contributed by atoms with Crippen LogP contribution in [-0.2, 0) is 25.8 Å². The summed E-state index contributed by atoms with van der Waals surface area (Å²) in [5.74, 6) is -0.293. The molecule has 1 amide bonds. The maximum atomic E-state index is 13.4. The van der Waals surface area contributed by atoms with Crippen LogP contribution in [0.1, 0.15) is 41.2 Å². The number of aromatic nitrogens is 4. The number of aryl methyl sites for hydroxylation is 2. The molecule has 3 aromatic heterocycles. The van der Waals surface area contributed by atoms with Gasteiger partial charge in [0.2, 0.25) is 0 Å². The number of hydrogen-bond donors (Lipinski definition) is 0. The fourth-order valence-corrected chi connectivity index (χ4v) is 4.74. The second-order valence-corrected chi connectivity index (χ2v) is 8.89. The van der Waals surface area contributed by atoms with Crippen molar-refractivity contribution in [3.63, 3.8) is 0 Å². The third-order valence-electron chi connectivity index (χ3n) is 6.58. The van der Waals surface area contributed by atoms with Crippen molar-refractivity contribution in [3.05, 3.63) is 81.9 Å². The van der Waals surface area contributed by atoms with Crippen LogP contribution in [0.2, 0.25) is 0 Å². The molecule has 1 atom stereocenters. The third-order valence-corrected chi connectivity index (χ3v) is 6.58. The van der Waals surface area contributed by atoms with E-state index in [2.05, 4.69) is 4.98 Å². The number of imidazole rings is 1. The van der Waals surface area contributed by atoms with E-state index in [4.69, 9.17) is 0 Å². The Morgan fingerprint density at radius 2 is 1.89 bits per heavy atom. The van der Waals surface area contributed by atoms with E-state index in [1.165, 1.54) is 10.6 Å². The van der Waals surface area contributed by atoms with Gasteiger partial charge in [0.15, 0.2) is 0 Å². The summed E-state index contributed by atoms with van der Waals surface area (Å²) in [4.78, 5) is 32.4. The van der Waals surface area contributed by atoms with Crippen LogP contribution in [0.3, 0.4) is 0 Å². The van der Waals surface area contributed by atoms with Crippen LogP contribution >= 0.6 is 0 Å². The van der Waals surface area contributed by atoms with E-state index in [0.717, 1.165) is 23.4 Å². The summed E-state index contributed by atoms with van der Waals surface area (Å²) in [6.07, 6.45) is 0.682. The van der Waals surface area contributed by atoms with E-state index in [1.54, 1.807) is 44.9 Å². The Labute approximate surface area is 199 Å². The Morgan fingerprint density at radius 1 is 1.11 bits per heavy atom. The number of nitrogens with zero attached hydrogens (tertiary/aromatic N) is 5. The molecule has 1 aliphatic rings. The van der Waals surface area contributed by atoms with Gasteiger partial charge in [-0.3, -0.25) is 9.59 Å². The molecule has 0 saturated heterocycles. The van der Waals surface area contributed by atoms with Gasteiger partial charge in [0.05, 0.1) is 17.6 Å². The zero-order valence-electron chi connectivity index (χ0n) is 19.5. The Kier molecular flexibility index (Phi) is 5.34. The summed E-state index contributed by atoms with van der Waals surface area (Å²) in [6, 6.07) is 6.65. The first-order valence-electron chi connectivity index (χ1n) is 11.3. The van der Waals surface area contributed by atoms with Crippen LogP contribution in [0.4, 0.5) is 13.2 Å². The second-order valence-electron chi connectivity index (χ2n) is 8.89. The van der Waals surface area contributed by atoms with Crippen LogP contribution in [0.25, 0.3) is 16.6 Å². The van der Waals surface area contributed by atoms with Gasteiger partial charge in [-0.1, -0.05) is 6.07 Å². The van der Waals surface area contributed by atoms with Crippen LogP contribution in [0.5, 0.6) is 0 Å². The van der Waals surface area contributed by atoms with Crippen molar-refractivity contribution in [2.24, 2.45) is 0 Å². The SMILES string of the molecule is CCn1cc(CN2C(=O)c3ccc(-n4cnc(C)c4)c(=O)n3C[C@H]2C)c2ccc(C(F)(F)F)cc21. The minimum absolute atomic E-state index is 0.228. The van der Waals surface area contributed by atoms with Gasteiger partial charge in [-0.2, -0.15) is 13.2 Å². The van der Waals surface area contributed by atoms with Gasteiger partial charge in [0.1, 0.15) is 11.4 Å². The minimum atomic E-state index is -4.43. The molecule has 35 heavy (non-hydrogen) atoms. The molecule has 4 heterocycles. The fraction of sp³-hybridized carbons (Fsp3) is 0.320. The molecule has 7 nitrogen and oxygen atoms in total. The van der Waals surface area contributed by atoms with Gasteiger partial charge < -0.3 is 18.6 Å². The molecule has 0 radical (unpaired) electrons. The van der Waals surface area contributed by atoms with Crippen molar-refractivity contribution in [1.82, 2.24) is 23.6 Å². The zero-order valence-corrected chi connectivity index (χ0v) is 19.5. The van der Waals surface area contributed by atoms with E-state index in [1.807, 2.05) is 20.8 Å². The number of benzene rings is 1. The molecule has 10 heteroatoms. The fourth-order valence-electron chi connectivity index (χ4n) is 4.74. The summed E-state index contributed by atoms with van der Waals surface area (Å²) in [6.45, 7) is 6.59.